The Morgan fingerprint density at radius 3 is 2.48 bits per heavy atom. The van der Waals surface area contributed by atoms with Crippen LogP contribution in [-0.4, -0.2) is 55.7 Å². The molecule has 1 aromatic heterocycles. The van der Waals surface area contributed by atoms with Crippen LogP contribution in [0.15, 0.2) is 48.5 Å². The van der Waals surface area contributed by atoms with Gasteiger partial charge < -0.3 is 10.2 Å². The Bertz CT molecular complexity index is 1180. The number of aromatic amines is 1. The van der Waals surface area contributed by atoms with Gasteiger partial charge in [-0.15, -0.1) is 0 Å². The molecule has 1 atom stereocenters. The highest BCUT2D eigenvalue weighted by molar-refractivity contribution is 6.30. The number of hydrogen-bond donors (Lipinski definition) is 4. The first-order valence-electron chi connectivity index (χ1n) is 9.71. The molecule has 0 fully saturated rings. The molecule has 0 bridgehead atoms. The number of carbonyl (C=O) groups excluding carboxylic acids is 2. The molecule has 0 aliphatic carbocycles. The minimum Gasteiger partial charge on any atom is -0.479 e. The minimum absolute atomic E-state index is 0.0122. The van der Waals surface area contributed by atoms with Gasteiger partial charge in [0.2, 0.25) is 0 Å². The summed E-state index contributed by atoms with van der Waals surface area (Å²) >= 11 is 5.95. The molecule has 0 saturated heterocycles. The molecule has 33 heavy (non-hydrogen) atoms. The number of aliphatic carboxylic acids is 1. The number of carbonyl (C=O) groups is 3. The second-order valence-corrected chi connectivity index (χ2v) is 7.66. The van der Waals surface area contributed by atoms with E-state index in [0.29, 0.717) is 21.7 Å². The maximum absolute atomic E-state index is 14.1. The lowest BCUT2D eigenvalue weighted by Gasteiger charge is -2.24. The SMILES string of the molecule is CC(=O)c1cc(C(=O)NN(Cc2ccc(-c3cc(Cl)ccc3F)cc2)C[C@@H](O)C(=O)O)[nH]n1. The summed E-state index contributed by atoms with van der Waals surface area (Å²) in [6.07, 6.45) is -1.76. The first-order chi connectivity index (χ1) is 15.6. The Hall–Kier alpha value is -3.60. The van der Waals surface area contributed by atoms with E-state index in [-0.39, 0.29) is 23.7 Å². The van der Waals surface area contributed by atoms with Crippen molar-refractivity contribution < 1.29 is 29.0 Å². The van der Waals surface area contributed by atoms with Gasteiger partial charge in [-0.05, 0) is 35.4 Å². The third kappa shape index (κ3) is 6.22. The maximum atomic E-state index is 14.1. The normalized spacial score (nSPS) is 11.9. The predicted molar refractivity (Wildman–Crippen MR) is 117 cm³/mol. The van der Waals surface area contributed by atoms with Gasteiger partial charge in [0.15, 0.2) is 11.9 Å². The number of ketones is 1. The third-order valence-corrected chi connectivity index (χ3v) is 4.92. The zero-order valence-electron chi connectivity index (χ0n) is 17.4. The van der Waals surface area contributed by atoms with Crippen LogP contribution < -0.4 is 5.43 Å². The van der Waals surface area contributed by atoms with E-state index in [1.165, 1.54) is 36.2 Å². The number of Topliss-reactive ketones (excluding diaryl/α,β-unsaturated/α-hetero) is 1. The summed E-state index contributed by atoms with van der Waals surface area (Å²) < 4.78 is 14.1. The van der Waals surface area contributed by atoms with E-state index in [4.69, 9.17) is 16.7 Å². The Balaban J connectivity index is 1.77. The summed E-state index contributed by atoms with van der Waals surface area (Å²) in [7, 11) is 0. The van der Waals surface area contributed by atoms with Gasteiger partial charge >= 0.3 is 5.97 Å². The van der Waals surface area contributed by atoms with Crippen LogP contribution in [-0.2, 0) is 11.3 Å². The van der Waals surface area contributed by atoms with E-state index < -0.39 is 30.3 Å². The number of amides is 1. The molecular formula is C22H20ClFN4O5. The lowest BCUT2D eigenvalue weighted by atomic mass is 10.0. The second kappa shape index (κ2) is 10.3. The maximum Gasteiger partial charge on any atom is 0.333 e. The highest BCUT2D eigenvalue weighted by atomic mass is 35.5. The van der Waals surface area contributed by atoms with Crippen LogP contribution in [0.3, 0.4) is 0 Å². The van der Waals surface area contributed by atoms with Crippen molar-refractivity contribution in [3.05, 3.63) is 76.3 Å². The van der Waals surface area contributed by atoms with Crippen molar-refractivity contribution in [1.82, 2.24) is 20.6 Å². The summed E-state index contributed by atoms with van der Waals surface area (Å²) in [5, 5.41) is 26.6. The van der Waals surface area contributed by atoms with E-state index in [1.807, 2.05) is 0 Å². The number of H-pyrrole nitrogens is 1. The summed E-state index contributed by atoms with van der Waals surface area (Å²) in [6, 6.07) is 12.1. The molecule has 11 heteroatoms. The topological polar surface area (TPSA) is 136 Å². The molecule has 1 heterocycles. The van der Waals surface area contributed by atoms with Gasteiger partial charge in [-0.3, -0.25) is 20.1 Å². The molecule has 1 amide bonds. The molecule has 3 rings (SSSR count). The number of carboxylic acids is 1. The number of hydrazine groups is 1. The van der Waals surface area contributed by atoms with Gasteiger partial charge in [0.25, 0.3) is 5.91 Å². The number of aromatic nitrogens is 2. The minimum atomic E-state index is -1.76. The van der Waals surface area contributed by atoms with E-state index in [1.54, 1.807) is 24.3 Å². The summed E-state index contributed by atoms with van der Waals surface area (Å²) in [5.41, 5.74) is 4.10. The van der Waals surface area contributed by atoms with Gasteiger partial charge in [0.1, 0.15) is 17.2 Å². The van der Waals surface area contributed by atoms with Gasteiger partial charge in [0, 0.05) is 24.1 Å². The Kier molecular flexibility index (Phi) is 7.54. The monoisotopic (exact) mass is 474 g/mol. The zero-order chi connectivity index (χ0) is 24.1. The summed E-state index contributed by atoms with van der Waals surface area (Å²) in [4.78, 5) is 35.0. The standard InChI is InChI=1S/C22H20ClFN4O5/c1-12(29)18-9-19(26-25-18)21(31)27-28(11-20(30)22(32)33)10-13-2-4-14(5-3-13)16-8-15(23)6-7-17(16)24/h2-9,20,30H,10-11H2,1H3,(H,25,26)(H,27,31)(H,32,33)/t20-/m1/s1. The lowest BCUT2D eigenvalue weighted by molar-refractivity contribution is -0.148. The number of nitrogens with zero attached hydrogens (tertiary/aromatic N) is 2. The Morgan fingerprint density at radius 2 is 1.88 bits per heavy atom. The molecular weight excluding hydrogens is 455 g/mol. The van der Waals surface area contributed by atoms with E-state index in [0.717, 1.165) is 0 Å². The van der Waals surface area contributed by atoms with Crippen molar-refractivity contribution in [2.75, 3.05) is 6.54 Å². The molecule has 4 N–H and O–H groups in total. The summed E-state index contributed by atoms with van der Waals surface area (Å²) in [5.74, 6) is -2.90. The van der Waals surface area contributed by atoms with Crippen molar-refractivity contribution in [2.24, 2.45) is 0 Å². The fraction of sp³-hybridized carbons (Fsp3) is 0.182. The second-order valence-electron chi connectivity index (χ2n) is 7.22. The Morgan fingerprint density at radius 1 is 1.18 bits per heavy atom. The van der Waals surface area contributed by atoms with Crippen LogP contribution in [0.4, 0.5) is 4.39 Å². The van der Waals surface area contributed by atoms with Crippen molar-refractivity contribution >= 4 is 29.3 Å². The molecule has 0 aliphatic rings. The average Bonchev–Trinajstić information content (AvgIpc) is 3.27. The van der Waals surface area contributed by atoms with Gasteiger partial charge in [-0.25, -0.2) is 14.2 Å². The number of carboxylic acid groups (broad SMARTS) is 1. The smallest absolute Gasteiger partial charge is 0.333 e. The van der Waals surface area contributed by atoms with Gasteiger partial charge in [-0.1, -0.05) is 35.9 Å². The molecule has 0 saturated carbocycles. The number of nitrogens with one attached hydrogen (secondary N) is 2. The van der Waals surface area contributed by atoms with Crippen LogP contribution in [0.1, 0.15) is 33.5 Å². The van der Waals surface area contributed by atoms with Crippen molar-refractivity contribution in [3.63, 3.8) is 0 Å². The first-order valence-corrected chi connectivity index (χ1v) is 10.1. The highest BCUT2D eigenvalue weighted by Crippen LogP contribution is 2.26. The molecule has 0 radical (unpaired) electrons. The molecule has 0 aliphatic heterocycles. The first kappa shape index (κ1) is 24.1. The van der Waals surface area contributed by atoms with Crippen LogP contribution in [0.25, 0.3) is 11.1 Å². The van der Waals surface area contributed by atoms with E-state index >= 15 is 0 Å². The zero-order valence-corrected chi connectivity index (χ0v) is 18.1. The number of rotatable bonds is 9. The van der Waals surface area contributed by atoms with Crippen LogP contribution in [0.5, 0.6) is 0 Å². The predicted octanol–water partition coefficient (Wildman–Crippen LogP) is 2.66. The third-order valence-electron chi connectivity index (χ3n) is 4.69. The molecule has 3 aromatic rings. The number of benzene rings is 2. The average molecular weight is 475 g/mol. The fourth-order valence-electron chi connectivity index (χ4n) is 2.99. The van der Waals surface area contributed by atoms with Crippen molar-refractivity contribution in [3.8, 4) is 11.1 Å². The highest BCUT2D eigenvalue weighted by Gasteiger charge is 2.21. The Labute approximate surface area is 192 Å². The van der Waals surface area contributed by atoms with Crippen LogP contribution in [0.2, 0.25) is 5.02 Å². The number of hydrogen-bond acceptors (Lipinski definition) is 6. The number of aliphatic hydroxyl groups is 1. The lowest BCUT2D eigenvalue weighted by Crippen LogP contribution is -2.47. The van der Waals surface area contributed by atoms with Crippen molar-refractivity contribution in [2.45, 2.75) is 19.6 Å². The molecule has 2 aromatic carbocycles. The van der Waals surface area contributed by atoms with E-state index in [9.17, 15) is 23.9 Å². The molecule has 172 valence electrons. The molecule has 9 nitrogen and oxygen atoms in total. The van der Waals surface area contributed by atoms with Crippen LogP contribution >= 0.6 is 11.6 Å². The largest absolute Gasteiger partial charge is 0.479 e. The fourth-order valence-corrected chi connectivity index (χ4v) is 3.16. The number of halogens is 2. The molecule has 0 spiro atoms. The quantitative estimate of drug-likeness (QED) is 0.276. The summed E-state index contributed by atoms with van der Waals surface area (Å²) in [6.45, 7) is 0.911. The number of aliphatic hydroxyl groups excluding tert-OH is 1. The van der Waals surface area contributed by atoms with Gasteiger partial charge in [-0.2, -0.15) is 5.10 Å². The van der Waals surface area contributed by atoms with Gasteiger partial charge in [0.05, 0.1) is 6.54 Å². The van der Waals surface area contributed by atoms with Crippen molar-refractivity contribution in [1.29, 1.82) is 0 Å². The van der Waals surface area contributed by atoms with Crippen LogP contribution in [0, 0.1) is 5.82 Å². The molecule has 0 unspecified atom stereocenters. The van der Waals surface area contributed by atoms with E-state index in [2.05, 4.69) is 15.6 Å².